The van der Waals surface area contributed by atoms with Crippen LogP contribution in [0.25, 0.3) is 0 Å². The first-order valence-corrected chi connectivity index (χ1v) is 13.6. The fourth-order valence-electron chi connectivity index (χ4n) is 8.63. The van der Waals surface area contributed by atoms with E-state index in [0.717, 1.165) is 7.11 Å². The van der Waals surface area contributed by atoms with Gasteiger partial charge in [-0.1, -0.05) is 33.3 Å². The monoisotopic (exact) mass is 550 g/mol. The van der Waals surface area contributed by atoms with Crippen LogP contribution in [-0.2, 0) is 38.1 Å². The Morgan fingerprint density at radius 1 is 1.15 bits per heavy atom. The SMILES string of the molecule is COC(=O)[C@@]12COC34[C@H]1[C@@H](OC(=O)/C=C(\C)C(C)C)C(=O)O[C@@H]3C[C@H]1[C@H](C)CC(=O)[C@@H](O)[C@]1(C)[C@H]4[C@@H](O)[C@@H]2O. The summed E-state index contributed by atoms with van der Waals surface area (Å²) in [5.74, 6) is -6.09. The number of carbonyl (C=O) groups excluding carboxylic acids is 4. The first-order chi connectivity index (χ1) is 18.2. The second-order valence-corrected chi connectivity index (χ2v) is 12.6. The molecule has 12 atom stereocenters. The number of methoxy groups -OCH3 is 1. The van der Waals surface area contributed by atoms with Crippen LogP contribution in [0.2, 0.25) is 0 Å². The van der Waals surface area contributed by atoms with Crippen LogP contribution in [0, 0.1) is 40.4 Å². The second kappa shape index (κ2) is 9.09. The van der Waals surface area contributed by atoms with Crippen molar-refractivity contribution >= 4 is 23.7 Å². The van der Waals surface area contributed by atoms with Crippen LogP contribution in [-0.4, -0.2) is 88.8 Å². The molecule has 2 heterocycles. The number of fused-ring (bicyclic) bond motifs is 2. The van der Waals surface area contributed by atoms with Gasteiger partial charge in [0.2, 0.25) is 6.10 Å². The van der Waals surface area contributed by atoms with Gasteiger partial charge >= 0.3 is 17.9 Å². The number of ketones is 1. The molecule has 2 aliphatic heterocycles. The van der Waals surface area contributed by atoms with Gasteiger partial charge in [-0.05, 0) is 31.1 Å². The van der Waals surface area contributed by atoms with Gasteiger partial charge in [-0.2, -0.15) is 0 Å². The highest BCUT2D eigenvalue weighted by Crippen LogP contribution is 2.71. The topological polar surface area (TPSA) is 166 Å². The predicted molar refractivity (Wildman–Crippen MR) is 131 cm³/mol. The normalized spacial score (nSPS) is 48.7. The summed E-state index contributed by atoms with van der Waals surface area (Å²) < 4.78 is 23.0. The van der Waals surface area contributed by atoms with Gasteiger partial charge in [-0.3, -0.25) is 9.59 Å². The Morgan fingerprint density at radius 3 is 2.44 bits per heavy atom. The van der Waals surface area contributed by atoms with Crippen molar-refractivity contribution in [3.05, 3.63) is 11.6 Å². The van der Waals surface area contributed by atoms with E-state index in [4.69, 9.17) is 18.9 Å². The van der Waals surface area contributed by atoms with Crippen LogP contribution < -0.4 is 0 Å². The summed E-state index contributed by atoms with van der Waals surface area (Å²) in [7, 11) is 1.12. The molecule has 0 aromatic rings. The summed E-state index contributed by atoms with van der Waals surface area (Å²) in [5, 5.41) is 34.7. The molecule has 2 saturated heterocycles. The molecule has 5 fully saturated rings. The Morgan fingerprint density at radius 2 is 1.82 bits per heavy atom. The number of esters is 3. The lowest BCUT2D eigenvalue weighted by molar-refractivity contribution is -0.322. The third kappa shape index (κ3) is 3.42. The molecule has 5 aliphatic rings. The van der Waals surface area contributed by atoms with E-state index in [-0.39, 0.29) is 30.6 Å². The number of hydrogen-bond acceptors (Lipinski definition) is 11. The number of aliphatic hydroxyl groups excluding tert-OH is 3. The van der Waals surface area contributed by atoms with Crippen LogP contribution in [0.15, 0.2) is 11.6 Å². The molecule has 3 N–H and O–H groups in total. The lowest BCUT2D eigenvalue weighted by Gasteiger charge is -2.68. The fraction of sp³-hybridized carbons (Fsp3) is 0.786. The van der Waals surface area contributed by atoms with Crippen LogP contribution in [0.1, 0.15) is 47.5 Å². The maximum Gasteiger partial charge on any atom is 0.348 e. The first kappa shape index (κ1) is 28.2. The second-order valence-electron chi connectivity index (χ2n) is 12.6. The summed E-state index contributed by atoms with van der Waals surface area (Å²) in [4.78, 5) is 52.9. The summed E-state index contributed by atoms with van der Waals surface area (Å²) in [6.45, 7) is 8.61. The van der Waals surface area contributed by atoms with Crippen molar-refractivity contribution in [3.63, 3.8) is 0 Å². The van der Waals surface area contributed by atoms with Gasteiger partial charge in [0.05, 0.1) is 31.8 Å². The quantitative estimate of drug-likeness (QED) is 0.251. The van der Waals surface area contributed by atoms with Crippen molar-refractivity contribution in [1.29, 1.82) is 0 Å². The highest BCUT2D eigenvalue weighted by atomic mass is 16.6. The third-order valence-electron chi connectivity index (χ3n) is 10.7. The van der Waals surface area contributed by atoms with Crippen molar-refractivity contribution in [2.75, 3.05) is 13.7 Å². The van der Waals surface area contributed by atoms with E-state index in [1.54, 1.807) is 13.8 Å². The van der Waals surface area contributed by atoms with Crippen LogP contribution >= 0.6 is 0 Å². The van der Waals surface area contributed by atoms with E-state index in [2.05, 4.69) is 0 Å². The van der Waals surface area contributed by atoms with Gasteiger partial charge in [-0.25, -0.2) is 9.59 Å². The van der Waals surface area contributed by atoms with Gasteiger partial charge in [0.15, 0.2) is 5.78 Å². The molecule has 2 bridgehead atoms. The van der Waals surface area contributed by atoms with Gasteiger partial charge in [0, 0.05) is 23.8 Å². The van der Waals surface area contributed by atoms with E-state index >= 15 is 0 Å². The summed E-state index contributed by atoms with van der Waals surface area (Å²) in [6, 6.07) is 0. The minimum Gasteiger partial charge on any atom is -0.468 e. The standard InChI is InChI=1S/C28H38O11/c1-11(2)12(3)8-17(30)39-19-21-27(25(35)36-6)10-37-28(21)16(38-24(19)34)9-14-13(4)7-15(29)22(32)26(14,5)20(28)18(31)23(27)33/h8,11,13-14,16,18-23,31-33H,7,9-10H2,1-6H3/b12-8+/t13-,14+,16-,18-,19-,20-,21+,22-,23+,26+,27+,28?/m1/s1. The molecule has 1 spiro atoms. The number of allylic oxidation sites excluding steroid dienone is 1. The molecule has 11 nitrogen and oxygen atoms in total. The molecule has 3 aliphatic carbocycles. The highest BCUT2D eigenvalue weighted by molar-refractivity contribution is 5.89. The zero-order chi connectivity index (χ0) is 28.8. The van der Waals surface area contributed by atoms with Crippen molar-refractivity contribution in [3.8, 4) is 0 Å². The Bertz CT molecular complexity index is 1130. The van der Waals surface area contributed by atoms with Gasteiger partial charge < -0.3 is 34.3 Å². The molecule has 11 heteroatoms. The molecule has 0 aromatic heterocycles. The molecule has 0 amide bonds. The van der Waals surface area contributed by atoms with E-state index in [0.29, 0.717) is 5.57 Å². The fourth-order valence-corrected chi connectivity index (χ4v) is 8.63. The predicted octanol–water partition coefficient (Wildman–Crippen LogP) is 0.318. The Hall–Kier alpha value is -2.34. The molecule has 39 heavy (non-hydrogen) atoms. The minimum atomic E-state index is -1.97. The average molecular weight is 551 g/mol. The Kier molecular flexibility index (Phi) is 6.57. The smallest absolute Gasteiger partial charge is 0.348 e. The van der Waals surface area contributed by atoms with E-state index in [9.17, 15) is 34.5 Å². The number of Topliss-reactive ketones (excluding diaryl/α,β-unsaturated/α-hetero) is 1. The molecule has 5 rings (SSSR count). The molecule has 0 radical (unpaired) electrons. The number of hydrogen-bond donors (Lipinski definition) is 3. The molecule has 216 valence electrons. The molecular formula is C28H38O11. The zero-order valence-electron chi connectivity index (χ0n) is 23.1. The summed E-state index contributed by atoms with van der Waals surface area (Å²) in [5.41, 5.74) is -4.22. The summed E-state index contributed by atoms with van der Waals surface area (Å²) >= 11 is 0. The molecule has 1 unspecified atom stereocenters. The third-order valence-corrected chi connectivity index (χ3v) is 10.7. The van der Waals surface area contributed by atoms with Crippen molar-refractivity contribution in [2.24, 2.45) is 40.4 Å². The lowest BCUT2D eigenvalue weighted by Crippen LogP contribution is -2.82. The first-order valence-electron chi connectivity index (χ1n) is 13.6. The van der Waals surface area contributed by atoms with Gasteiger partial charge in [-0.15, -0.1) is 0 Å². The average Bonchev–Trinajstić information content (AvgIpc) is 3.18. The highest BCUT2D eigenvalue weighted by Gasteiger charge is 2.86. The van der Waals surface area contributed by atoms with E-state index in [1.807, 2.05) is 20.8 Å². The number of rotatable bonds is 4. The van der Waals surface area contributed by atoms with Gasteiger partial charge in [0.25, 0.3) is 0 Å². The van der Waals surface area contributed by atoms with E-state index < -0.39 is 89.1 Å². The number of carbonyl (C=O) groups is 4. The van der Waals surface area contributed by atoms with Crippen LogP contribution in [0.3, 0.4) is 0 Å². The maximum absolute atomic E-state index is 13.5. The molecular weight excluding hydrogens is 512 g/mol. The Labute approximate surface area is 226 Å². The maximum atomic E-state index is 13.5. The number of aliphatic hydroxyl groups is 3. The van der Waals surface area contributed by atoms with Crippen LogP contribution in [0.5, 0.6) is 0 Å². The molecule has 0 aromatic carbocycles. The van der Waals surface area contributed by atoms with Crippen molar-refractivity contribution in [2.45, 2.75) is 83.6 Å². The van der Waals surface area contributed by atoms with Crippen molar-refractivity contribution in [1.82, 2.24) is 0 Å². The van der Waals surface area contributed by atoms with Crippen molar-refractivity contribution < 1.29 is 53.4 Å². The zero-order valence-corrected chi connectivity index (χ0v) is 23.1. The van der Waals surface area contributed by atoms with Crippen LogP contribution in [0.4, 0.5) is 0 Å². The minimum absolute atomic E-state index is 0.0262. The van der Waals surface area contributed by atoms with E-state index in [1.165, 1.54) is 6.08 Å². The lowest BCUT2D eigenvalue weighted by atomic mass is 9.39. The Balaban J connectivity index is 1.71. The van der Waals surface area contributed by atoms with Gasteiger partial charge in [0.1, 0.15) is 23.2 Å². The largest absolute Gasteiger partial charge is 0.468 e. The summed E-state index contributed by atoms with van der Waals surface area (Å²) in [6.07, 6.45) is -6.07. The molecule has 3 saturated carbocycles. The number of ether oxygens (including phenoxy) is 4.